The number of carbonyl (C=O) groups excluding carboxylic acids is 2. The van der Waals surface area contributed by atoms with Crippen molar-refractivity contribution in [1.29, 1.82) is 0 Å². The molecule has 3 amide bonds. The standard InChI is InChI=1S/C13H25N3O5/c1-8(2)9(10(17)18)16-11(19)14-6-7-15-12(20)21-13(3,4)5/h8-9H,6-7H2,1-5H3,(H,15,20)(H,17,18)(H2,14,16,19). The van der Waals surface area contributed by atoms with E-state index in [1.807, 2.05) is 0 Å². The van der Waals surface area contributed by atoms with E-state index in [0.717, 1.165) is 0 Å². The van der Waals surface area contributed by atoms with Gasteiger partial charge in [0.15, 0.2) is 0 Å². The van der Waals surface area contributed by atoms with Gasteiger partial charge in [-0.2, -0.15) is 0 Å². The molecule has 0 fully saturated rings. The molecule has 0 aromatic rings. The van der Waals surface area contributed by atoms with Gasteiger partial charge in [-0.25, -0.2) is 14.4 Å². The quantitative estimate of drug-likeness (QED) is 0.544. The monoisotopic (exact) mass is 303 g/mol. The Morgan fingerprint density at radius 2 is 1.62 bits per heavy atom. The predicted octanol–water partition coefficient (Wildman–Crippen LogP) is 0.919. The summed E-state index contributed by atoms with van der Waals surface area (Å²) >= 11 is 0. The van der Waals surface area contributed by atoms with Crippen LogP contribution in [0, 0.1) is 5.92 Å². The van der Waals surface area contributed by atoms with E-state index in [9.17, 15) is 14.4 Å². The number of nitrogens with one attached hydrogen (secondary N) is 3. The van der Waals surface area contributed by atoms with E-state index in [1.165, 1.54) is 0 Å². The van der Waals surface area contributed by atoms with E-state index in [2.05, 4.69) is 16.0 Å². The first-order chi connectivity index (χ1) is 9.53. The van der Waals surface area contributed by atoms with Crippen LogP contribution in [-0.4, -0.2) is 47.9 Å². The number of hydrogen-bond donors (Lipinski definition) is 4. The number of carbonyl (C=O) groups is 3. The highest BCUT2D eigenvalue weighted by atomic mass is 16.6. The molecule has 0 saturated carbocycles. The first-order valence-electron chi connectivity index (χ1n) is 6.77. The molecular formula is C13H25N3O5. The number of urea groups is 1. The second-order valence-electron chi connectivity index (χ2n) is 5.89. The van der Waals surface area contributed by atoms with Crippen molar-refractivity contribution in [2.24, 2.45) is 5.92 Å². The molecule has 8 nitrogen and oxygen atoms in total. The summed E-state index contributed by atoms with van der Waals surface area (Å²) in [5.41, 5.74) is -0.582. The van der Waals surface area contributed by atoms with E-state index in [-0.39, 0.29) is 19.0 Å². The smallest absolute Gasteiger partial charge is 0.407 e. The molecule has 0 heterocycles. The highest BCUT2D eigenvalue weighted by Crippen LogP contribution is 2.06. The van der Waals surface area contributed by atoms with Crippen LogP contribution < -0.4 is 16.0 Å². The minimum absolute atomic E-state index is 0.162. The number of aliphatic carboxylic acids is 1. The number of hydrogen-bond acceptors (Lipinski definition) is 4. The molecule has 0 spiro atoms. The van der Waals surface area contributed by atoms with Crippen LogP contribution in [0.15, 0.2) is 0 Å². The summed E-state index contributed by atoms with van der Waals surface area (Å²) < 4.78 is 5.02. The molecule has 0 saturated heterocycles. The van der Waals surface area contributed by atoms with Crippen molar-refractivity contribution >= 4 is 18.1 Å². The Morgan fingerprint density at radius 3 is 2.05 bits per heavy atom. The Morgan fingerprint density at radius 1 is 1.10 bits per heavy atom. The number of carboxylic acid groups (broad SMARTS) is 1. The molecule has 0 radical (unpaired) electrons. The van der Waals surface area contributed by atoms with E-state index >= 15 is 0 Å². The fourth-order valence-electron chi connectivity index (χ4n) is 1.36. The SMILES string of the molecule is CC(C)C(NC(=O)NCCNC(=O)OC(C)(C)C)C(=O)O. The number of amides is 3. The lowest BCUT2D eigenvalue weighted by Gasteiger charge is -2.20. The molecule has 0 aromatic carbocycles. The number of rotatable bonds is 6. The van der Waals surface area contributed by atoms with Crippen LogP contribution in [0.4, 0.5) is 9.59 Å². The molecule has 0 aliphatic heterocycles. The van der Waals surface area contributed by atoms with Crippen LogP contribution >= 0.6 is 0 Å². The molecule has 8 heteroatoms. The summed E-state index contributed by atoms with van der Waals surface area (Å²) in [5.74, 6) is -1.32. The van der Waals surface area contributed by atoms with Crippen molar-refractivity contribution in [3.63, 3.8) is 0 Å². The largest absolute Gasteiger partial charge is 0.480 e. The highest BCUT2D eigenvalue weighted by molar-refractivity contribution is 5.82. The zero-order valence-corrected chi connectivity index (χ0v) is 13.1. The van der Waals surface area contributed by atoms with Gasteiger partial charge < -0.3 is 25.8 Å². The lowest BCUT2D eigenvalue weighted by molar-refractivity contribution is -0.140. The van der Waals surface area contributed by atoms with Crippen LogP contribution in [0.3, 0.4) is 0 Å². The van der Waals surface area contributed by atoms with Gasteiger partial charge >= 0.3 is 18.1 Å². The van der Waals surface area contributed by atoms with Crippen LogP contribution in [0.25, 0.3) is 0 Å². The average Bonchev–Trinajstić information content (AvgIpc) is 2.28. The molecular weight excluding hydrogens is 278 g/mol. The number of ether oxygens (including phenoxy) is 1. The van der Waals surface area contributed by atoms with E-state index in [1.54, 1.807) is 34.6 Å². The Labute approximate surface area is 124 Å². The van der Waals surface area contributed by atoms with Gasteiger partial charge in [0.25, 0.3) is 0 Å². The first kappa shape index (κ1) is 19.0. The van der Waals surface area contributed by atoms with Gasteiger partial charge in [0.1, 0.15) is 11.6 Å². The minimum Gasteiger partial charge on any atom is -0.480 e. The van der Waals surface area contributed by atoms with Crippen LogP contribution in [0.5, 0.6) is 0 Å². The molecule has 0 rings (SSSR count). The van der Waals surface area contributed by atoms with Gasteiger partial charge in [0.2, 0.25) is 0 Å². The van der Waals surface area contributed by atoms with Crippen molar-refractivity contribution in [1.82, 2.24) is 16.0 Å². The maximum atomic E-state index is 11.5. The molecule has 122 valence electrons. The van der Waals surface area contributed by atoms with Crippen LogP contribution in [0.1, 0.15) is 34.6 Å². The van der Waals surface area contributed by atoms with Crippen molar-refractivity contribution in [3.05, 3.63) is 0 Å². The third-order valence-electron chi connectivity index (χ3n) is 2.30. The molecule has 0 aromatic heterocycles. The molecule has 0 bridgehead atoms. The summed E-state index contributed by atoms with van der Waals surface area (Å²) in [6, 6.07) is -1.55. The fraction of sp³-hybridized carbons (Fsp3) is 0.769. The van der Waals surface area contributed by atoms with Gasteiger partial charge in [-0.15, -0.1) is 0 Å². The van der Waals surface area contributed by atoms with Gasteiger partial charge in [0, 0.05) is 13.1 Å². The Balaban J connectivity index is 3.95. The van der Waals surface area contributed by atoms with Crippen molar-refractivity contribution in [2.75, 3.05) is 13.1 Å². The Bertz CT molecular complexity index is 376. The van der Waals surface area contributed by atoms with Gasteiger partial charge in [-0.1, -0.05) is 13.8 Å². The van der Waals surface area contributed by atoms with Gasteiger partial charge in [0.05, 0.1) is 0 Å². The van der Waals surface area contributed by atoms with Crippen LogP contribution in [0.2, 0.25) is 0 Å². The van der Waals surface area contributed by atoms with Crippen LogP contribution in [-0.2, 0) is 9.53 Å². The van der Waals surface area contributed by atoms with E-state index < -0.39 is 29.7 Å². The van der Waals surface area contributed by atoms with E-state index in [0.29, 0.717) is 0 Å². The summed E-state index contributed by atoms with van der Waals surface area (Å²) in [4.78, 5) is 33.7. The second-order valence-corrected chi connectivity index (χ2v) is 5.89. The summed E-state index contributed by atoms with van der Waals surface area (Å²) in [5, 5.41) is 16.2. The summed E-state index contributed by atoms with van der Waals surface area (Å²) in [7, 11) is 0. The predicted molar refractivity (Wildman–Crippen MR) is 77.0 cm³/mol. The zero-order valence-electron chi connectivity index (χ0n) is 13.1. The third-order valence-corrected chi connectivity index (χ3v) is 2.30. The molecule has 1 atom stereocenters. The fourth-order valence-corrected chi connectivity index (χ4v) is 1.36. The lowest BCUT2D eigenvalue weighted by Crippen LogP contribution is -2.49. The molecule has 0 aliphatic carbocycles. The second kappa shape index (κ2) is 8.33. The van der Waals surface area contributed by atoms with Crippen molar-refractivity contribution in [3.8, 4) is 0 Å². The van der Waals surface area contributed by atoms with Crippen molar-refractivity contribution < 1.29 is 24.2 Å². The maximum absolute atomic E-state index is 11.5. The van der Waals surface area contributed by atoms with Gasteiger partial charge in [-0.3, -0.25) is 0 Å². The first-order valence-corrected chi connectivity index (χ1v) is 6.77. The van der Waals surface area contributed by atoms with Crippen molar-refractivity contribution in [2.45, 2.75) is 46.3 Å². The number of carboxylic acids is 1. The molecule has 4 N–H and O–H groups in total. The van der Waals surface area contributed by atoms with Gasteiger partial charge in [-0.05, 0) is 26.7 Å². The normalized spacial score (nSPS) is 12.5. The van der Waals surface area contributed by atoms with E-state index in [4.69, 9.17) is 9.84 Å². The average molecular weight is 303 g/mol. The Hall–Kier alpha value is -1.99. The molecule has 21 heavy (non-hydrogen) atoms. The number of alkyl carbamates (subject to hydrolysis) is 1. The maximum Gasteiger partial charge on any atom is 0.407 e. The summed E-state index contributed by atoms with van der Waals surface area (Å²) in [6.45, 7) is 8.98. The zero-order chi connectivity index (χ0) is 16.6. The molecule has 0 aliphatic rings. The summed E-state index contributed by atoms with van der Waals surface area (Å²) in [6.07, 6.45) is -0.574. The highest BCUT2D eigenvalue weighted by Gasteiger charge is 2.23. The topological polar surface area (TPSA) is 117 Å². The molecule has 1 unspecified atom stereocenters. The minimum atomic E-state index is -1.09. The third kappa shape index (κ3) is 9.53. The Kier molecular flexibility index (Phi) is 7.54. The lowest BCUT2D eigenvalue weighted by atomic mass is 10.1.